The third-order valence-electron chi connectivity index (χ3n) is 10.0. The van der Waals surface area contributed by atoms with Crippen molar-refractivity contribution in [3.63, 3.8) is 0 Å². The van der Waals surface area contributed by atoms with E-state index in [9.17, 15) is 19.2 Å². The Balaban J connectivity index is 1.19. The molecule has 0 spiro atoms. The van der Waals surface area contributed by atoms with Gasteiger partial charge in [0.2, 0.25) is 5.78 Å². The average molecular weight is 705 g/mol. The first-order valence-electron chi connectivity index (χ1n) is 17.4. The molecule has 2 aliphatic carbocycles. The Kier molecular flexibility index (Phi) is 10.0. The molecular weight excluding hydrogens is 664 g/mol. The zero-order valence-electron chi connectivity index (χ0n) is 29.4. The van der Waals surface area contributed by atoms with Crippen molar-refractivity contribution < 1.29 is 43.0 Å². The first kappa shape index (κ1) is 35.2. The summed E-state index contributed by atoms with van der Waals surface area (Å²) in [7, 11) is 1.21. The highest BCUT2D eigenvalue weighted by atomic mass is 16.7. The smallest absolute Gasteiger partial charge is 0.362 e. The van der Waals surface area contributed by atoms with Gasteiger partial charge < -0.3 is 23.8 Å². The van der Waals surface area contributed by atoms with E-state index in [1.54, 1.807) is 30.4 Å². The molecule has 0 bridgehead atoms. The van der Waals surface area contributed by atoms with Gasteiger partial charge in [0.25, 0.3) is 0 Å². The molecule has 0 N–H and O–H groups in total. The first-order valence-corrected chi connectivity index (χ1v) is 17.4. The Labute approximate surface area is 301 Å². The van der Waals surface area contributed by atoms with E-state index in [0.717, 1.165) is 27.8 Å². The number of carbonyl (C=O) groups excluding carboxylic acids is 4. The summed E-state index contributed by atoms with van der Waals surface area (Å²) in [5.74, 6) is -1.40. The van der Waals surface area contributed by atoms with Crippen LogP contribution in [0.5, 0.6) is 5.75 Å². The molecule has 2 heterocycles. The molecule has 4 aliphatic rings. The first-order chi connectivity index (χ1) is 25.1. The topological polar surface area (TPSA) is 133 Å². The van der Waals surface area contributed by atoms with Crippen molar-refractivity contribution in [2.75, 3.05) is 46.6 Å². The Morgan fingerprint density at radius 3 is 2.29 bits per heavy atom. The van der Waals surface area contributed by atoms with Crippen molar-refractivity contribution in [2.45, 2.75) is 44.2 Å². The Morgan fingerprint density at radius 1 is 0.923 bits per heavy atom. The van der Waals surface area contributed by atoms with E-state index in [2.05, 4.69) is 10.1 Å². The summed E-state index contributed by atoms with van der Waals surface area (Å²) in [5, 5.41) is 3.79. The van der Waals surface area contributed by atoms with Gasteiger partial charge in [0, 0.05) is 35.7 Å². The molecule has 0 saturated carbocycles. The monoisotopic (exact) mass is 704 g/mol. The predicted molar refractivity (Wildman–Crippen MR) is 192 cm³/mol. The Morgan fingerprint density at radius 2 is 1.62 bits per heavy atom. The van der Waals surface area contributed by atoms with Crippen LogP contribution in [-0.2, 0) is 28.6 Å². The van der Waals surface area contributed by atoms with E-state index in [4.69, 9.17) is 23.8 Å². The molecule has 0 radical (unpaired) electrons. The van der Waals surface area contributed by atoms with Crippen LogP contribution >= 0.6 is 0 Å². The van der Waals surface area contributed by atoms with Crippen LogP contribution in [0.25, 0.3) is 11.1 Å². The molecule has 3 aromatic rings. The van der Waals surface area contributed by atoms with Crippen molar-refractivity contribution in [1.29, 1.82) is 0 Å². The van der Waals surface area contributed by atoms with Crippen LogP contribution < -0.4 is 4.74 Å². The summed E-state index contributed by atoms with van der Waals surface area (Å²) < 4.78 is 21.7. The molecular formula is C41H40N2O9. The van der Waals surface area contributed by atoms with Crippen LogP contribution in [0.3, 0.4) is 0 Å². The van der Waals surface area contributed by atoms with Crippen LogP contribution in [0.1, 0.15) is 70.0 Å². The second-order valence-corrected chi connectivity index (χ2v) is 13.7. The van der Waals surface area contributed by atoms with E-state index in [0.29, 0.717) is 62.8 Å². The average Bonchev–Trinajstić information content (AvgIpc) is 3.73. The number of hydrogen-bond acceptors (Lipinski definition) is 11. The molecule has 7 rings (SSSR count). The molecule has 2 unspecified atom stereocenters. The fourth-order valence-corrected chi connectivity index (χ4v) is 6.90. The number of benzene rings is 3. The zero-order valence-corrected chi connectivity index (χ0v) is 29.4. The van der Waals surface area contributed by atoms with E-state index in [1.165, 1.54) is 7.11 Å². The molecule has 2 fully saturated rings. The number of morpholine rings is 1. The number of methoxy groups -OCH3 is 1. The lowest BCUT2D eigenvalue weighted by Gasteiger charge is -2.39. The van der Waals surface area contributed by atoms with Gasteiger partial charge in [0.1, 0.15) is 24.2 Å². The van der Waals surface area contributed by atoms with Gasteiger partial charge in [-0.25, -0.2) is 4.79 Å². The van der Waals surface area contributed by atoms with Crippen molar-refractivity contribution in [3.8, 4) is 16.9 Å². The second-order valence-electron chi connectivity index (χ2n) is 13.7. The zero-order chi connectivity index (χ0) is 36.4. The number of fused-ring (bicyclic) bond motifs is 3. The highest BCUT2D eigenvalue weighted by molar-refractivity contribution is 6.48. The van der Waals surface area contributed by atoms with Crippen molar-refractivity contribution in [1.82, 2.24) is 4.90 Å². The van der Waals surface area contributed by atoms with Crippen molar-refractivity contribution >= 4 is 29.2 Å². The number of esters is 1. The number of oxime groups is 1. The van der Waals surface area contributed by atoms with Crippen LogP contribution in [0, 0.1) is 0 Å². The maximum atomic E-state index is 14.0. The summed E-state index contributed by atoms with van der Waals surface area (Å²) >= 11 is 0. The number of rotatable bonds is 13. The molecule has 52 heavy (non-hydrogen) atoms. The fourth-order valence-electron chi connectivity index (χ4n) is 6.90. The third kappa shape index (κ3) is 7.25. The molecule has 2 atom stereocenters. The summed E-state index contributed by atoms with van der Waals surface area (Å²) in [4.78, 5) is 59.4. The Hall–Kier alpha value is -5.23. The van der Waals surface area contributed by atoms with E-state index in [-0.39, 0.29) is 29.1 Å². The number of allylic oxidation sites excluding steroid dienone is 3. The maximum Gasteiger partial charge on any atom is 0.362 e. The highest BCUT2D eigenvalue weighted by Crippen LogP contribution is 2.49. The largest absolute Gasteiger partial charge is 0.491 e. The van der Waals surface area contributed by atoms with Crippen molar-refractivity contribution in [2.24, 2.45) is 5.16 Å². The minimum Gasteiger partial charge on any atom is -0.491 e. The number of carbonyl (C=O) groups is 4. The van der Waals surface area contributed by atoms with Gasteiger partial charge in [-0.15, -0.1) is 0 Å². The molecule has 2 saturated heterocycles. The molecule has 11 nitrogen and oxygen atoms in total. The summed E-state index contributed by atoms with van der Waals surface area (Å²) in [5.41, 5.74) is 5.21. The van der Waals surface area contributed by atoms with Crippen LogP contribution in [-0.4, -0.2) is 92.4 Å². The van der Waals surface area contributed by atoms with Gasteiger partial charge in [-0.05, 0) is 66.3 Å². The highest BCUT2D eigenvalue weighted by Gasteiger charge is 2.38. The lowest BCUT2D eigenvalue weighted by atomic mass is 9.86. The summed E-state index contributed by atoms with van der Waals surface area (Å²) in [6, 6.07) is 19.0. The standard InChI is InChI=1S/C41H40N2O9/c1-41(2,43-16-18-49-19-17-43)39(46)28-12-14-31-33(20-28)34-21-29(50-23-30-24-51-30)13-15-32(34)37(31)25-8-10-26(11-9-25)38(45)35(22-36(44)48-3)42-52-40(47)27-6-4-5-7-27/h4-6,8-15,20-21,30,37H,7,16-19,22-24H2,1-3H3/b42-35+. The minimum absolute atomic E-state index is 0.0371. The Bertz CT molecular complexity index is 2000. The number of epoxide rings is 1. The summed E-state index contributed by atoms with van der Waals surface area (Å²) in [6.45, 7) is 7.66. The molecule has 268 valence electrons. The second kappa shape index (κ2) is 14.8. The van der Waals surface area contributed by atoms with Gasteiger partial charge in [-0.1, -0.05) is 65.8 Å². The van der Waals surface area contributed by atoms with Crippen LogP contribution in [0.15, 0.2) is 89.6 Å². The fraction of sp³-hybridized carbons (Fsp3) is 0.341. The van der Waals surface area contributed by atoms with Crippen LogP contribution in [0.2, 0.25) is 0 Å². The van der Waals surface area contributed by atoms with Crippen LogP contribution in [0.4, 0.5) is 0 Å². The van der Waals surface area contributed by atoms with Gasteiger partial charge in [0.05, 0.1) is 38.9 Å². The number of ether oxygens (including phenoxy) is 4. The van der Waals surface area contributed by atoms with Gasteiger partial charge in [-0.3, -0.25) is 19.3 Å². The number of Topliss-reactive ketones (excluding diaryl/α,β-unsaturated/α-hetero) is 2. The third-order valence-corrected chi connectivity index (χ3v) is 10.0. The van der Waals surface area contributed by atoms with E-state index in [1.807, 2.05) is 62.4 Å². The van der Waals surface area contributed by atoms with E-state index < -0.39 is 29.7 Å². The maximum absolute atomic E-state index is 14.0. The predicted octanol–water partition coefficient (Wildman–Crippen LogP) is 5.45. The van der Waals surface area contributed by atoms with Gasteiger partial charge in [-0.2, -0.15) is 0 Å². The quantitative estimate of drug-likeness (QED) is 0.0442. The number of hydrogen-bond donors (Lipinski definition) is 0. The van der Waals surface area contributed by atoms with Gasteiger partial charge in [0.15, 0.2) is 5.78 Å². The number of nitrogens with zero attached hydrogens (tertiary/aromatic N) is 2. The lowest BCUT2D eigenvalue weighted by molar-refractivity contribution is -0.141. The normalized spacial score (nSPS) is 19.4. The molecule has 0 amide bonds. The SMILES string of the molecule is COC(=O)C/C(=N\OC(=O)C1=CC=CC1)C(=O)c1ccc(C2c3ccc(OCC4CO4)cc3-c3cc(C(=O)C(C)(C)N4CCOCC4)ccc32)cc1. The van der Waals surface area contributed by atoms with Crippen molar-refractivity contribution in [3.05, 3.63) is 112 Å². The molecule has 0 aromatic heterocycles. The lowest BCUT2D eigenvalue weighted by Crippen LogP contribution is -2.54. The summed E-state index contributed by atoms with van der Waals surface area (Å²) in [6.07, 6.45) is 5.18. The number of ketones is 2. The van der Waals surface area contributed by atoms with E-state index >= 15 is 0 Å². The molecule has 11 heteroatoms. The molecule has 2 aliphatic heterocycles. The minimum atomic E-state index is -0.713. The van der Waals surface area contributed by atoms with Gasteiger partial charge >= 0.3 is 11.9 Å². The molecule has 3 aromatic carbocycles.